The largest absolute Gasteiger partial charge is 0.468 e. The average molecular weight is 316 g/mol. The van der Waals surface area contributed by atoms with Crippen LogP contribution in [0.2, 0.25) is 0 Å². The van der Waals surface area contributed by atoms with Crippen molar-refractivity contribution in [3.8, 4) is 0 Å². The molecule has 0 saturated carbocycles. The van der Waals surface area contributed by atoms with E-state index in [9.17, 15) is 9.00 Å². The number of esters is 1. The zero-order valence-corrected chi connectivity index (χ0v) is 13.1. The number of nitrogens with zero attached hydrogens (tertiary/aromatic N) is 2. The molecule has 1 aromatic carbocycles. The summed E-state index contributed by atoms with van der Waals surface area (Å²) >= 11 is 0. The van der Waals surface area contributed by atoms with Crippen molar-refractivity contribution in [3.05, 3.63) is 59.9 Å². The van der Waals surface area contributed by atoms with E-state index in [1.807, 2.05) is 37.3 Å². The highest BCUT2D eigenvalue weighted by Crippen LogP contribution is 2.46. The van der Waals surface area contributed by atoms with Gasteiger partial charge < -0.3 is 4.74 Å². The molecule has 22 heavy (non-hydrogen) atoms. The number of benzene rings is 1. The van der Waals surface area contributed by atoms with Crippen molar-refractivity contribution in [3.63, 3.8) is 0 Å². The lowest BCUT2D eigenvalue weighted by molar-refractivity contribution is -0.140. The molecule has 1 unspecified atom stereocenters. The van der Waals surface area contributed by atoms with Crippen LogP contribution in [0.25, 0.3) is 0 Å². The van der Waals surface area contributed by atoms with Gasteiger partial charge in [0.15, 0.2) is 0 Å². The molecule has 1 aliphatic rings. The van der Waals surface area contributed by atoms with Gasteiger partial charge in [-0.05, 0) is 30.7 Å². The summed E-state index contributed by atoms with van der Waals surface area (Å²) in [5.74, 6) is -0.380. The number of aryl methyl sites for hydroxylation is 1. The molecular weight excluding hydrogens is 300 g/mol. The second-order valence-electron chi connectivity index (χ2n) is 5.12. The van der Waals surface area contributed by atoms with Gasteiger partial charge in [-0.25, -0.2) is 4.21 Å². The monoisotopic (exact) mass is 316 g/mol. The fourth-order valence-electron chi connectivity index (χ4n) is 2.43. The summed E-state index contributed by atoms with van der Waals surface area (Å²) in [5.41, 5.74) is 1.96. The van der Waals surface area contributed by atoms with Gasteiger partial charge >= 0.3 is 5.97 Å². The van der Waals surface area contributed by atoms with Crippen LogP contribution in [-0.2, 0) is 20.5 Å². The average Bonchev–Trinajstić information content (AvgIpc) is 3.30. The van der Waals surface area contributed by atoms with Crippen LogP contribution >= 0.6 is 0 Å². The lowest BCUT2D eigenvalue weighted by Gasteiger charge is -2.04. The van der Waals surface area contributed by atoms with Crippen LogP contribution in [-0.4, -0.2) is 32.6 Å². The summed E-state index contributed by atoms with van der Waals surface area (Å²) in [6, 6.07) is 10.3. The predicted octanol–water partition coefficient (Wildman–Crippen LogP) is 2.01. The molecule has 0 radical (unpaired) electrons. The lowest BCUT2D eigenvalue weighted by atomic mass is 10.1. The number of pyridine rings is 1. The molecule has 114 valence electrons. The first-order valence-electron chi connectivity index (χ1n) is 6.88. The van der Waals surface area contributed by atoms with Gasteiger partial charge in [0.1, 0.15) is 17.0 Å². The molecule has 1 fully saturated rings. The number of methoxy groups -OCH3 is 1. The van der Waals surface area contributed by atoms with E-state index in [2.05, 4.69) is 4.98 Å². The Bertz CT molecular complexity index is 703. The van der Waals surface area contributed by atoms with Gasteiger partial charge in [0, 0.05) is 12.4 Å². The number of ether oxygens (including phenoxy) is 1. The molecular formula is C16H16N2O3S. The number of carbonyl (C=O) groups is 1. The number of hydrogen-bond acceptors (Lipinski definition) is 4. The normalized spacial score (nSPS) is 24.5. The molecule has 1 saturated heterocycles. The molecule has 2 aromatic rings. The molecule has 2 heterocycles. The molecule has 0 spiro atoms. The van der Waals surface area contributed by atoms with Gasteiger partial charge in [-0.15, -0.1) is 0 Å². The van der Waals surface area contributed by atoms with E-state index in [1.54, 1.807) is 22.8 Å². The number of hydrogen-bond donors (Lipinski definition) is 0. The molecule has 4 atom stereocenters. The van der Waals surface area contributed by atoms with E-state index in [-0.39, 0.29) is 12.0 Å². The molecule has 0 aliphatic carbocycles. The zero-order chi connectivity index (χ0) is 15.7. The summed E-state index contributed by atoms with van der Waals surface area (Å²) in [7, 11) is -0.0692. The second kappa shape index (κ2) is 5.98. The van der Waals surface area contributed by atoms with Gasteiger partial charge in [0.25, 0.3) is 0 Å². The minimum atomic E-state index is -1.41. The third kappa shape index (κ3) is 2.67. The molecule has 6 heteroatoms. The Hall–Kier alpha value is -2.05. The van der Waals surface area contributed by atoms with Crippen molar-refractivity contribution in [1.82, 2.24) is 9.29 Å². The Morgan fingerprint density at radius 2 is 2.00 bits per heavy atom. The molecule has 1 aliphatic heterocycles. The van der Waals surface area contributed by atoms with Gasteiger partial charge in [-0.3, -0.25) is 9.78 Å². The summed E-state index contributed by atoms with van der Waals surface area (Å²) in [4.78, 5) is 16.7. The standard InChI is InChI=1S/C16H16N2O3S/c1-11-5-7-13(8-6-11)22(20)18-14(15(18)16(19)21-2)12-4-3-9-17-10-12/h3-10,14-15H,1-2H3/t14-,15-,18?,22-/m0/s1. The van der Waals surface area contributed by atoms with Crippen molar-refractivity contribution in [2.24, 2.45) is 0 Å². The lowest BCUT2D eigenvalue weighted by Crippen LogP contribution is -2.16. The Labute approximate surface area is 131 Å². The third-order valence-corrected chi connectivity index (χ3v) is 5.15. The number of carbonyl (C=O) groups excluding carboxylic acids is 1. The number of rotatable bonds is 4. The van der Waals surface area contributed by atoms with Crippen molar-refractivity contribution in [2.75, 3.05) is 7.11 Å². The van der Waals surface area contributed by atoms with E-state index in [4.69, 9.17) is 4.74 Å². The maximum absolute atomic E-state index is 12.7. The van der Waals surface area contributed by atoms with Crippen LogP contribution in [0.15, 0.2) is 53.7 Å². The number of aromatic nitrogens is 1. The topological polar surface area (TPSA) is 59.3 Å². The van der Waals surface area contributed by atoms with Crippen LogP contribution < -0.4 is 0 Å². The Kier molecular flexibility index (Phi) is 4.04. The Balaban J connectivity index is 1.89. The maximum Gasteiger partial charge on any atom is 0.326 e. The molecule has 0 N–H and O–H groups in total. The van der Waals surface area contributed by atoms with Crippen LogP contribution in [0, 0.1) is 6.92 Å². The van der Waals surface area contributed by atoms with Crippen molar-refractivity contribution < 1.29 is 13.7 Å². The second-order valence-corrected chi connectivity index (χ2v) is 6.51. The van der Waals surface area contributed by atoms with Gasteiger partial charge in [0.2, 0.25) is 0 Å². The first kappa shape index (κ1) is 14.9. The van der Waals surface area contributed by atoms with Crippen LogP contribution in [0.1, 0.15) is 17.2 Å². The van der Waals surface area contributed by atoms with Gasteiger partial charge in [-0.2, -0.15) is 4.31 Å². The summed E-state index contributed by atoms with van der Waals surface area (Å²) in [5, 5.41) is 0. The molecule has 0 bridgehead atoms. The Morgan fingerprint density at radius 3 is 2.59 bits per heavy atom. The highest BCUT2D eigenvalue weighted by atomic mass is 32.2. The Morgan fingerprint density at radius 1 is 1.27 bits per heavy atom. The summed E-state index contributed by atoms with van der Waals surface area (Å²) in [6.07, 6.45) is 3.35. The van der Waals surface area contributed by atoms with E-state index in [0.29, 0.717) is 4.90 Å². The summed E-state index contributed by atoms with van der Waals surface area (Å²) < 4.78 is 19.2. The predicted molar refractivity (Wildman–Crippen MR) is 82.2 cm³/mol. The molecule has 3 rings (SSSR count). The fraction of sp³-hybridized carbons (Fsp3) is 0.250. The van der Waals surface area contributed by atoms with Crippen molar-refractivity contribution in [1.29, 1.82) is 0 Å². The van der Waals surface area contributed by atoms with Gasteiger partial charge in [0.05, 0.1) is 18.0 Å². The van der Waals surface area contributed by atoms with Gasteiger partial charge in [-0.1, -0.05) is 23.8 Å². The quantitative estimate of drug-likeness (QED) is 0.639. The van der Waals surface area contributed by atoms with Crippen LogP contribution in [0.5, 0.6) is 0 Å². The first-order chi connectivity index (χ1) is 10.6. The maximum atomic E-state index is 12.7. The van der Waals surface area contributed by atoms with Crippen LogP contribution in [0.3, 0.4) is 0 Å². The van der Waals surface area contributed by atoms with Crippen molar-refractivity contribution in [2.45, 2.75) is 23.9 Å². The minimum absolute atomic E-state index is 0.261. The molecule has 1 aromatic heterocycles. The zero-order valence-electron chi connectivity index (χ0n) is 12.3. The smallest absolute Gasteiger partial charge is 0.326 e. The summed E-state index contributed by atoms with van der Waals surface area (Å²) in [6.45, 7) is 1.97. The van der Waals surface area contributed by atoms with E-state index in [0.717, 1.165) is 11.1 Å². The first-order valence-corrected chi connectivity index (χ1v) is 7.99. The highest BCUT2D eigenvalue weighted by Gasteiger charge is 2.58. The van der Waals surface area contributed by atoms with Crippen molar-refractivity contribution >= 4 is 17.0 Å². The fourth-order valence-corrected chi connectivity index (χ4v) is 3.84. The van der Waals surface area contributed by atoms with Crippen LogP contribution in [0.4, 0.5) is 0 Å². The van der Waals surface area contributed by atoms with E-state index in [1.165, 1.54) is 7.11 Å². The molecule has 0 amide bonds. The minimum Gasteiger partial charge on any atom is -0.468 e. The van der Waals surface area contributed by atoms with E-state index >= 15 is 0 Å². The SMILES string of the molecule is COC(=O)[C@@H]1[C@H](c2cccnc2)N1[S@@](=O)c1ccc(C)cc1. The molecule has 5 nitrogen and oxygen atoms in total. The van der Waals surface area contributed by atoms with E-state index < -0.39 is 17.0 Å². The third-order valence-electron chi connectivity index (χ3n) is 3.64. The highest BCUT2D eigenvalue weighted by molar-refractivity contribution is 7.83.